The fraction of sp³-hybridized carbons (Fsp3) is 0.533. The topological polar surface area (TPSA) is 38.3 Å². The van der Waals surface area contributed by atoms with Gasteiger partial charge in [0.2, 0.25) is 0 Å². The number of carbonyl (C=O) groups is 1. The second-order valence-electron chi connectivity index (χ2n) is 5.48. The van der Waals surface area contributed by atoms with Crippen LogP contribution in [0.3, 0.4) is 0 Å². The molecule has 0 bridgehead atoms. The smallest absolute Gasteiger partial charge is 0.255 e. The van der Waals surface area contributed by atoms with E-state index in [9.17, 15) is 4.79 Å². The third kappa shape index (κ3) is 5.44. The molecular weight excluding hydrogens is 386 g/mol. The first-order valence-corrected chi connectivity index (χ1v) is 8.49. The van der Waals surface area contributed by atoms with E-state index in [-0.39, 0.29) is 11.3 Å². The third-order valence-corrected chi connectivity index (χ3v) is 4.18. The average Bonchev–Trinajstić information content (AvgIpc) is 2.42. The van der Waals surface area contributed by atoms with Crippen molar-refractivity contribution in [1.29, 1.82) is 0 Å². The Morgan fingerprint density at radius 3 is 2.70 bits per heavy atom. The molecule has 112 valence electrons. The molecule has 5 heteroatoms. The number of alkyl halides is 1. The van der Waals surface area contributed by atoms with Crippen LogP contribution in [-0.2, 0) is 0 Å². The van der Waals surface area contributed by atoms with Crippen LogP contribution in [-0.4, -0.2) is 24.9 Å². The molecule has 0 aromatic heterocycles. The number of rotatable bonds is 7. The summed E-state index contributed by atoms with van der Waals surface area (Å²) in [4.78, 5) is 12.2. The molecule has 0 saturated carbocycles. The van der Waals surface area contributed by atoms with Gasteiger partial charge in [-0.25, -0.2) is 0 Å². The number of benzene rings is 1. The van der Waals surface area contributed by atoms with Crippen LogP contribution in [0.1, 0.15) is 37.0 Å². The zero-order chi connectivity index (χ0) is 15.2. The van der Waals surface area contributed by atoms with Gasteiger partial charge in [0, 0.05) is 16.3 Å². The van der Waals surface area contributed by atoms with Gasteiger partial charge in [-0.1, -0.05) is 45.7 Å². The normalized spacial score (nSPS) is 11.2. The summed E-state index contributed by atoms with van der Waals surface area (Å²) in [5.74, 6) is 0.483. The summed E-state index contributed by atoms with van der Waals surface area (Å²) >= 11 is 6.81. The lowest BCUT2D eigenvalue weighted by molar-refractivity contribution is 0.0931. The van der Waals surface area contributed by atoms with E-state index in [4.69, 9.17) is 4.74 Å². The summed E-state index contributed by atoms with van der Waals surface area (Å²) in [6, 6.07) is 5.40. The van der Waals surface area contributed by atoms with Crippen LogP contribution in [0.25, 0.3) is 0 Å². The molecule has 3 nitrogen and oxygen atoms in total. The lowest BCUT2D eigenvalue weighted by Gasteiger charge is -2.24. The predicted octanol–water partition coefficient (Wildman–Crippen LogP) is 4.39. The van der Waals surface area contributed by atoms with Gasteiger partial charge in [-0.2, -0.15) is 0 Å². The lowest BCUT2D eigenvalue weighted by Crippen LogP contribution is -2.34. The largest absolute Gasteiger partial charge is 0.496 e. The zero-order valence-corrected chi connectivity index (χ0v) is 15.3. The average molecular weight is 407 g/mol. The maximum atomic E-state index is 12.2. The maximum Gasteiger partial charge on any atom is 0.255 e. The van der Waals surface area contributed by atoms with Gasteiger partial charge in [-0.3, -0.25) is 4.79 Å². The van der Waals surface area contributed by atoms with E-state index in [1.54, 1.807) is 19.2 Å². The van der Waals surface area contributed by atoms with Crippen molar-refractivity contribution in [3.8, 4) is 5.75 Å². The fourth-order valence-corrected chi connectivity index (χ4v) is 2.52. The molecule has 0 aliphatic carbocycles. The Balaban J connectivity index is 2.67. The Morgan fingerprint density at radius 2 is 2.10 bits per heavy atom. The molecule has 0 aliphatic rings. The number of halogens is 2. The molecule has 20 heavy (non-hydrogen) atoms. The lowest BCUT2D eigenvalue weighted by atomic mass is 9.88. The number of methoxy groups -OCH3 is 1. The van der Waals surface area contributed by atoms with E-state index in [0.717, 1.165) is 22.6 Å². The summed E-state index contributed by atoms with van der Waals surface area (Å²) in [5.41, 5.74) is 0.651. The van der Waals surface area contributed by atoms with Crippen LogP contribution in [0, 0.1) is 5.41 Å². The van der Waals surface area contributed by atoms with Crippen LogP contribution in [0.15, 0.2) is 22.7 Å². The van der Waals surface area contributed by atoms with Gasteiger partial charge in [0.15, 0.2) is 0 Å². The quantitative estimate of drug-likeness (QED) is 0.682. The van der Waals surface area contributed by atoms with E-state index in [1.807, 2.05) is 6.07 Å². The van der Waals surface area contributed by atoms with Crippen molar-refractivity contribution in [2.45, 2.75) is 26.7 Å². The minimum Gasteiger partial charge on any atom is -0.496 e. The van der Waals surface area contributed by atoms with Crippen molar-refractivity contribution in [2.75, 3.05) is 19.0 Å². The molecule has 0 saturated heterocycles. The minimum atomic E-state index is -0.0960. The van der Waals surface area contributed by atoms with E-state index in [0.29, 0.717) is 17.9 Å². The summed E-state index contributed by atoms with van der Waals surface area (Å²) in [6.07, 6.45) is 2.17. The molecule has 1 aromatic rings. The highest BCUT2D eigenvalue weighted by atomic mass is 79.9. The molecule has 0 heterocycles. The Kier molecular flexibility index (Phi) is 7.03. The molecule has 0 aliphatic heterocycles. The van der Waals surface area contributed by atoms with Gasteiger partial charge in [-0.15, -0.1) is 0 Å². The van der Waals surface area contributed by atoms with Crippen molar-refractivity contribution in [1.82, 2.24) is 5.32 Å². The summed E-state index contributed by atoms with van der Waals surface area (Å²) in [7, 11) is 1.57. The number of hydrogen-bond donors (Lipinski definition) is 1. The predicted molar refractivity (Wildman–Crippen MR) is 89.8 cm³/mol. The van der Waals surface area contributed by atoms with Gasteiger partial charge in [0.25, 0.3) is 5.91 Å². The van der Waals surface area contributed by atoms with Crippen LogP contribution < -0.4 is 10.1 Å². The standard InChI is InChI=1S/C15H21Br2NO2/c1-15(2,7-4-8-16)10-18-14(19)12-6-5-11(17)9-13(12)20-3/h5-6,9H,4,7-8,10H2,1-3H3,(H,18,19). The van der Waals surface area contributed by atoms with Gasteiger partial charge >= 0.3 is 0 Å². The van der Waals surface area contributed by atoms with Crippen LogP contribution in [0.4, 0.5) is 0 Å². The molecule has 0 spiro atoms. The number of nitrogens with one attached hydrogen (secondary N) is 1. The fourth-order valence-electron chi connectivity index (χ4n) is 1.90. The molecule has 0 radical (unpaired) electrons. The third-order valence-electron chi connectivity index (χ3n) is 3.12. The minimum absolute atomic E-state index is 0.0893. The zero-order valence-electron chi connectivity index (χ0n) is 12.1. The molecular formula is C15H21Br2NO2. The summed E-state index contributed by atoms with van der Waals surface area (Å²) in [6.45, 7) is 4.97. The molecule has 0 fully saturated rings. The van der Waals surface area contributed by atoms with Gasteiger partial charge in [-0.05, 0) is 36.5 Å². The summed E-state index contributed by atoms with van der Waals surface area (Å²) in [5, 5.41) is 3.98. The SMILES string of the molecule is COc1cc(Br)ccc1C(=O)NCC(C)(C)CCCBr. The first kappa shape index (κ1) is 17.5. The Bertz CT molecular complexity index is 461. The second-order valence-corrected chi connectivity index (χ2v) is 7.19. The van der Waals surface area contributed by atoms with Crippen molar-refractivity contribution in [2.24, 2.45) is 5.41 Å². The monoisotopic (exact) mass is 405 g/mol. The molecule has 1 amide bonds. The first-order valence-electron chi connectivity index (χ1n) is 6.57. The van der Waals surface area contributed by atoms with Crippen LogP contribution >= 0.6 is 31.9 Å². The highest BCUT2D eigenvalue weighted by molar-refractivity contribution is 9.10. The maximum absolute atomic E-state index is 12.2. The van der Waals surface area contributed by atoms with Gasteiger partial charge in [0.1, 0.15) is 5.75 Å². The first-order chi connectivity index (χ1) is 9.39. The highest BCUT2D eigenvalue weighted by Gasteiger charge is 2.20. The number of ether oxygens (including phenoxy) is 1. The Hall–Kier alpha value is -0.550. The Labute approximate surface area is 137 Å². The van der Waals surface area contributed by atoms with E-state index in [1.165, 1.54) is 0 Å². The number of hydrogen-bond acceptors (Lipinski definition) is 2. The summed E-state index contributed by atoms with van der Waals surface area (Å²) < 4.78 is 6.14. The van der Waals surface area contributed by atoms with Crippen molar-refractivity contribution >= 4 is 37.8 Å². The molecule has 1 aromatic carbocycles. The van der Waals surface area contributed by atoms with Gasteiger partial charge < -0.3 is 10.1 Å². The highest BCUT2D eigenvalue weighted by Crippen LogP contribution is 2.25. The van der Waals surface area contributed by atoms with Crippen molar-refractivity contribution < 1.29 is 9.53 Å². The molecule has 0 unspecified atom stereocenters. The van der Waals surface area contributed by atoms with Gasteiger partial charge in [0.05, 0.1) is 12.7 Å². The molecule has 1 N–H and O–H groups in total. The number of carbonyl (C=O) groups excluding carboxylic acids is 1. The number of amides is 1. The second kappa shape index (κ2) is 8.03. The Morgan fingerprint density at radius 1 is 1.40 bits per heavy atom. The van der Waals surface area contributed by atoms with E-state index < -0.39 is 0 Å². The molecule has 0 atom stereocenters. The van der Waals surface area contributed by atoms with E-state index in [2.05, 4.69) is 51.0 Å². The van der Waals surface area contributed by atoms with Crippen LogP contribution in [0.2, 0.25) is 0 Å². The van der Waals surface area contributed by atoms with Crippen molar-refractivity contribution in [3.63, 3.8) is 0 Å². The van der Waals surface area contributed by atoms with Crippen LogP contribution in [0.5, 0.6) is 5.75 Å². The molecule has 1 rings (SSSR count). The van der Waals surface area contributed by atoms with E-state index >= 15 is 0 Å². The van der Waals surface area contributed by atoms with Crippen molar-refractivity contribution in [3.05, 3.63) is 28.2 Å².